The first-order valence-corrected chi connectivity index (χ1v) is 8.39. The lowest BCUT2D eigenvalue weighted by molar-refractivity contribution is -0.137. The lowest BCUT2D eigenvalue weighted by Crippen LogP contribution is -2.47. The van der Waals surface area contributed by atoms with Gasteiger partial charge in [-0.1, -0.05) is 36.4 Å². The van der Waals surface area contributed by atoms with Gasteiger partial charge in [0.2, 0.25) is 5.91 Å². The second kappa shape index (κ2) is 7.39. The smallest absolute Gasteiger partial charge is 0.262 e. The molecule has 6 heteroatoms. The second-order valence-corrected chi connectivity index (χ2v) is 6.18. The number of rotatable bonds is 4. The molecule has 2 heterocycles. The maximum Gasteiger partial charge on any atom is 0.262 e. The third-order valence-corrected chi connectivity index (χ3v) is 4.59. The van der Waals surface area contributed by atoms with Crippen molar-refractivity contribution in [3.8, 4) is 0 Å². The number of benzene rings is 1. The van der Waals surface area contributed by atoms with Crippen molar-refractivity contribution in [2.45, 2.75) is 6.04 Å². The Kier molecular flexibility index (Phi) is 5.05. The van der Waals surface area contributed by atoms with E-state index in [0.29, 0.717) is 31.2 Å². The summed E-state index contributed by atoms with van der Waals surface area (Å²) in [5.41, 5.74) is 0.786. The molecule has 2 aromatic rings. The van der Waals surface area contributed by atoms with Crippen LogP contribution in [0.3, 0.4) is 0 Å². The summed E-state index contributed by atoms with van der Waals surface area (Å²) in [7, 11) is 0. The Bertz CT molecular complexity index is 652. The van der Waals surface area contributed by atoms with Crippen LogP contribution in [-0.4, -0.2) is 43.0 Å². The summed E-state index contributed by atoms with van der Waals surface area (Å²) < 4.78 is 5.30. The summed E-state index contributed by atoms with van der Waals surface area (Å²) in [5, 5.41) is 4.72. The largest absolute Gasteiger partial charge is 0.378 e. The standard InChI is InChI=1S/C17H18N2O3S/c20-16(14-7-4-12-23-14)18-15(13-5-2-1-3-6-13)17(21)19-8-10-22-11-9-19/h1-7,12,15H,8-11H2,(H,18,20). The number of nitrogens with zero attached hydrogens (tertiary/aromatic N) is 1. The number of hydrogen-bond donors (Lipinski definition) is 1. The maximum absolute atomic E-state index is 12.9. The summed E-state index contributed by atoms with van der Waals surface area (Å²) >= 11 is 1.36. The number of nitrogens with one attached hydrogen (secondary N) is 1. The highest BCUT2D eigenvalue weighted by Crippen LogP contribution is 2.18. The van der Waals surface area contributed by atoms with E-state index >= 15 is 0 Å². The summed E-state index contributed by atoms with van der Waals surface area (Å²) in [6.07, 6.45) is 0. The SMILES string of the molecule is O=C(NC(C(=O)N1CCOCC1)c1ccccc1)c1cccs1. The lowest BCUT2D eigenvalue weighted by atomic mass is 10.1. The molecule has 1 aromatic carbocycles. The van der Waals surface area contributed by atoms with E-state index in [0.717, 1.165) is 5.56 Å². The molecule has 3 rings (SSSR count). The number of ether oxygens (including phenoxy) is 1. The summed E-state index contributed by atoms with van der Waals surface area (Å²) in [5.74, 6) is -0.320. The molecule has 0 saturated carbocycles. The molecule has 1 aromatic heterocycles. The molecule has 23 heavy (non-hydrogen) atoms. The molecule has 0 bridgehead atoms. The van der Waals surface area contributed by atoms with Crippen molar-refractivity contribution in [1.82, 2.24) is 10.2 Å². The van der Waals surface area contributed by atoms with Gasteiger partial charge in [0.15, 0.2) is 0 Å². The molecule has 1 atom stereocenters. The number of carbonyl (C=O) groups is 2. The molecular formula is C17H18N2O3S. The molecule has 1 aliphatic heterocycles. The van der Waals surface area contributed by atoms with Crippen LogP contribution < -0.4 is 5.32 Å². The Balaban J connectivity index is 1.81. The Morgan fingerprint density at radius 3 is 2.48 bits per heavy atom. The van der Waals surface area contributed by atoms with Crippen molar-refractivity contribution < 1.29 is 14.3 Å². The van der Waals surface area contributed by atoms with Gasteiger partial charge in [0.25, 0.3) is 5.91 Å². The lowest BCUT2D eigenvalue weighted by Gasteiger charge is -2.30. The van der Waals surface area contributed by atoms with Crippen LogP contribution in [0.5, 0.6) is 0 Å². The number of thiophene rings is 1. The number of carbonyl (C=O) groups excluding carboxylic acids is 2. The molecule has 1 unspecified atom stereocenters. The topological polar surface area (TPSA) is 58.6 Å². The molecule has 1 aliphatic rings. The molecule has 5 nitrogen and oxygen atoms in total. The van der Waals surface area contributed by atoms with Gasteiger partial charge in [0.1, 0.15) is 6.04 Å². The summed E-state index contributed by atoms with van der Waals surface area (Å²) in [4.78, 5) is 27.6. The Labute approximate surface area is 138 Å². The predicted octanol–water partition coefficient (Wildman–Crippen LogP) is 2.08. The highest BCUT2D eigenvalue weighted by atomic mass is 32.1. The molecule has 1 saturated heterocycles. The molecule has 0 radical (unpaired) electrons. The van der Waals surface area contributed by atoms with E-state index in [9.17, 15) is 9.59 Å². The first-order chi connectivity index (χ1) is 11.3. The quantitative estimate of drug-likeness (QED) is 0.934. The van der Waals surface area contributed by atoms with E-state index in [-0.39, 0.29) is 11.8 Å². The molecule has 120 valence electrons. The summed E-state index contributed by atoms with van der Waals surface area (Å²) in [6, 6.07) is 12.2. The number of hydrogen-bond acceptors (Lipinski definition) is 4. The van der Waals surface area contributed by atoms with Crippen molar-refractivity contribution in [3.63, 3.8) is 0 Å². The molecular weight excluding hydrogens is 312 g/mol. The van der Waals surface area contributed by atoms with Crippen molar-refractivity contribution in [2.24, 2.45) is 0 Å². The summed E-state index contributed by atoms with van der Waals surface area (Å²) in [6.45, 7) is 2.17. The van der Waals surface area contributed by atoms with Crippen LogP contribution in [0.15, 0.2) is 47.8 Å². The Morgan fingerprint density at radius 1 is 1.09 bits per heavy atom. The van der Waals surface area contributed by atoms with Crippen LogP contribution in [0.25, 0.3) is 0 Å². The Hall–Kier alpha value is -2.18. The van der Waals surface area contributed by atoms with Gasteiger partial charge in [-0.2, -0.15) is 0 Å². The zero-order valence-corrected chi connectivity index (χ0v) is 13.4. The van der Waals surface area contributed by atoms with Gasteiger partial charge in [-0.3, -0.25) is 9.59 Å². The molecule has 0 aliphatic carbocycles. The zero-order valence-electron chi connectivity index (χ0n) is 12.6. The van der Waals surface area contributed by atoms with E-state index in [2.05, 4.69) is 5.32 Å². The fraction of sp³-hybridized carbons (Fsp3) is 0.294. The predicted molar refractivity (Wildman–Crippen MR) is 88.4 cm³/mol. The third kappa shape index (κ3) is 3.78. The minimum Gasteiger partial charge on any atom is -0.378 e. The van der Waals surface area contributed by atoms with Crippen LogP contribution in [0.4, 0.5) is 0 Å². The van der Waals surface area contributed by atoms with Crippen LogP contribution in [-0.2, 0) is 9.53 Å². The van der Waals surface area contributed by atoms with Crippen LogP contribution in [0.1, 0.15) is 21.3 Å². The van der Waals surface area contributed by atoms with Gasteiger partial charge in [0.05, 0.1) is 18.1 Å². The van der Waals surface area contributed by atoms with Gasteiger partial charge in [-0.25, -0.2) is 0 Å². The highest BCUT2D eigenvalue weighted by Gasteiger charge is 2.28. The fourth-order valence-corrected chi connectivity index (χ4v) is 3.14. The van der Waals surface area contributed by atoms with Crippen LogP contribution in [0, 0.1) is 0 Å². The number of amides is 2. The van der Waals surface area contributed by atoms with E-state index in [1.165, 1.54) is 11.3 Å². The Morgan fingerprint density at radius 2 is 1.83 bits per heavy atom. The molecule has 1 fully saturated rings. The average Bonchev–Trinajstić information content (AvgIpc) is 3.15. The fourth-order valence-electron chi connectivity index (χ4n) is 2.51. The van der Waals surface area contributed by atoms with Gasteiger partial charge in [-0.15, -0.1) is 11.3 Å². The highest BCUT2D eigenvalue weighted by molar-refractivity contribution is 7.12. The van der Waals surface area contributed by atoms with Crippen molar-refractivity contribution in [2.75, 3.05) is 26.3 Å². The second-order valence-electron chi connectivity index (χ2n) is 5.23. The number of morpholine rings is 1. The van der Waals surface area contributed by atoms with Gasteiger partial charge in [0, 0.05) is 13.1 Å². The molecule has 2 amide bonds. The minimum absolute atomic E-state index is 0.0931. The first kappa shape index (κ1) is 15.7. The van der Waals surface area contributed by atoms with Gasteiger partial charge >= 0.3 is 0 Å². The van der Waals surface area contributed by atoms with E-state index in [1.54, 1.807) is 11.0 Å². The normalized spacial score (nSPS) is 15.9. The van der Waals surface area contributed by atoms with E-state index in [4.69, 9.17) is 4.74 Å². The maximum atomic E-state index is 12.9. The third-order valence-electron chi connectivity index (χ3n) is 3.72. The van der Waals surface area contributed by atoms with Gasteiger partial charge in [-0.05, 0) is 17.0 Å². The van der Waals surface area contributed by atoms with Crippen LogP contribution >= 0.6 is 11.3 Å². The van der Waals surface area contributed by atoms with Gasteiger partial charge < -0.3 is 15.0 Å². The monoisotopic (exact) mass is 330 g/mol. The van der Waals surface area contributed by atoms with E-state index < -0.39 is 6.04 Å². The van der Waals surface area contributed by atoms with Crippen molar-refractivity contribution in [3.05, 3.63) is 58.3 Å². The van der Waals surface area contributed by atoms with Crippen molar-refractivity contribution in [1.29, 1.82) is 0 Å². The first-order valence-electron chi connectivity index (χ1n) is 7.51. The van der Waals surface area contributed by atoms with Crippen LogP contribution in [0.2, 0.25) is 0 Å². The minimum atomic E-state index is -0.677. The molecule has 1 N–H and O–H groups in total. The van der Waals surface area contributed by atoms with Crippen molar-refractivity contribution >= 4 is 23.2 Å². The molecule has 0 spiro atoms. The zero-order chi connectivity index (χ0) is 16.1. The average molecular weight is 330 g/mol. The van der Waals surface area contributed by atoms with E-state index in [1.807, 2.05) is 41.8 Å².